The van der Waals surface area contributed by atoms with E-state index in [0.717, 1.165) is 22.3 Å². The van der Waals surface area contributed by atoms with Crippen molar-refractivity contribution in [1.82, 2.24) is 10.2 Å². The van der Waals surface area contributed by atoms with Gasteiger partial charge in [-0.05, 0) is 43.0 Å². The number of ether oxygens (including phenoxy) is 1. The van der Waals surface area contributed by atoms with Crippen molar-refractivity contribution >= 4 is 18.0 Å². The first-order chi connectivity index (χ1) is 14.3. The van der Waals surface area contributed by atoms with Gasteiger partial charge in [-0.15, -0.1) is 0 Å². The number of rotatable bonds is 7. The molecule has 7 nitrogen and oxygen atoms in total. The third-order valence-electron chi connectivity index (χ3n) is 5.26. The molecule has 2 aromatic carbocycles. The summed E-state index contributed by atoms with van der Waals surface area (Å²) in [6, 6.07) is 14.8. The molecule has 0 radical (unpaired) electrons. The van der Waals surface area contributed by atoms with Crippen LogP contribution in [-0.2, 0) is 14.3 Å². The summed E-state index contributed by atoms with van der Waals surface area (Å²) < 4.78 is 5.44. The number of carboxylic acid groups (broad SMARTS) is 1. The number of nitrogens with zero attached hydrogens (tertiary/aromatic N) is 1. The molecule has 3 rings (SSSR count). The normalized spacial score (nSPS) is 13.3. The molecule has 1 aliphatic carbocycles. The van der Waals surface area contributed by atoms with Crippen molar-refractivity contribution in [3.05, 3.63) is 59.7 Å². The highest BCUT2D eigenvalue weighted by Crippen LogP contribution is 2.44. The Kier molecular flexibility index (Phi) is 6.40. The van der Waals surface area contributed by atoms with Crippen molar-refractivity contribution in [3.8, 4) is 11.1 Å². The maximum Gasteiger partial charge on any atom is 0.407 e. The Balaban J connectivity index is 1.63. The van der Waals surface area contributed by atoms with Gasteiger partial charge in [-0.3, -0.25) is 9.59 Å². The summed E-state index contributed by atoms with van der Waals surface area (Å²) in [5, 5.41) is 11.5. The molecule has 1 aliphatic rings. The van der Waals surface area contributed by atoms with E-state index in [2.05, 4.69) is 17.4 Å². The maximum atomic E-state index is 12.5. The molecule has 0 saturated carbocycles. The van der Waals surface area contributed by atoms with Gasteiger partial charge in [0.25, 0.3) is 0 Å². The Bertz CT molecular complexity index is 911. The lowest BCUT2D eigenvalue weighted by Crippen LogP contribution is -2.51. The first kappa shape index (κ1) is 21.4. The summed E-state index contributed by atoms with van der Waals surface area (Å²) in [4.78, 5) is 37.1. The largest absolute Gasteiger partial charge is 0.480 e. The van der Waals surface area contributed by atoms with Crippen LogP contribution in [0.5, 0.6) is 0 Å². The molecule has 0 spiro atoms. The van der Waals surface area contributed by atoms with E-state index < -0.39 is 30.6 Å². The van der Waals surface area contributed by atoms with Crippen LogP contribution in [0.25, 0.3) is 11.1 Å². The topological polar surface area (TPSA) is 95.9 Å². The van der Waals surface area contributed by atoms with Crippen LogP contribution in [-0.4, -0.2) is 53.2 Å². The van der Waals surface area contributed by atoms with Gasteiger partial charge in [0.05, 0.1) is 0 Å². The molecule has 7 heteroatoms. The summed E-state index contributed by atoms with van der Waals surface area (Å²) >= 11 is 0. The van der Waals surface area contributed by atoms with Gasteiger partial charge in [0.1, 0.15) is 19.2 Å². The molecule has 0 heterocycles. The Morgan fingerprint density at radius 3 is 2.03 bits per heavy atom. The highest BCUT2D eigenvalue weighted by molar-refractivity contribution is 5.88. The summed E-state index contributed by atoms with van der Waals surface area (Å²) in [6.07, 6.45) is -0.711. The van der Waals surface area contributed by atoms with Gasteiger partial charge in [-0.2, -0.15) is 0 Å². The molecular formula is C23H26N2O5. The first-order valence-electron chi connectivity index (χ1n) is 9.93. The zero-order valence-corrected chi connectivity index (χ0v) is 17.3. The van der Waals surface area contributed by atoms with Crippen molar-refractivity contribution in [3.63, 3.8) is 0 Å². The molecule has 0 aliphatic heterocycles. The minimum absolute atomic E-state index is 0.0756. The molecule has 1 atom stereocenters. The average Bonchev–Trinajstić information content (AvgIpc) is 3.03. The van der Waals surface area contributed by atoms with E-state index >= 15 is 0 Å². The van der Waals surface area contributed by atoms with Crippen molar-refractivity contribution in [2.45, 2.75) is 38.8 Å². The third-order valence-corrected chi connectivity index (χ3v) is 5.26. The fraction of sp³-hybridized carbons (Fsp3) is 0.348. The fourth-order valence-electron chi connectivity index (χ4n) is 3.79. The minimum atomic E-state index is -1.11. The van der Waals surface area contributed by atoms with Gasteiger partial charge in [-0.1, -0.05) is 48.5 Å². The summed E-state index contributed by atoms with van der Waals surface area (Å²) in [5.41, 5.74) is 4.46. The Morgan fingerprint density at radius 2 is 1.53 bits per heavy atom. The van der Waals surface area contributed by atoms with Crippen LogP contribution in [0.3, 0.4) is 0 Å². The van der Waals surface area contributed by atoms with Crippen LogP contribution >= 0.6 is 0 Å². The standard InChI is InChI=1S/C23H26N2O5/c1-14(2)25(12-21(26)27)22(28)15(3)24-23(29)30-13-20-18-10-6-4-8-16(18)17-9-5-7-11-19(17)20/h4-11,14-15,20H,12-13H2,1-3H3,(H,24,29)(H,26,27)/t15-/m0/s1. The number of fused-ring (bicyclic) bond motifs is 3. The van der Waals surface area contributed by atoms with Crippen molar-refractivity contribution in [2.75, 3.05) is 13.2 Å². The predicted octanol–water partition coefficient (Wildman–Crippen LogP) is 3.24. The second-order valence-electron chi connectivity index (χ2n) is 7.65. The summed E-state index contributed by atoms with van der Waals surface area (Å²) in [5.74, 6) is -1.65. The average molecular weight is 410 g/mol. The minimum Gasteiger partial charge on any atom is -0.480 e. The van der Waals surface area contributed by atoms with Crippen molar-refractivity contribution in [2.24, 2.45) is 0 Å². The molecule has 158 valence electrons. The summed E-state index contributed by atoms with van der Waals surface area (Å²) in [6.45, 7) is 4.68. The molecule has 2 aromatic rings. The molecule has 0 saturated heterocycles. The fourth-order valence-corrected chi connectivity index (χ4v) is 3.79. The van der Waals surface area contributed by atoms with Crippen LogP contribution in [0.15, 0.2) is 48.5 Å². The summed E-state index contributed by atoms with van der Waals surface area (Å²) in [7, 11) is 0. The van der Waals surface area contributed by atoms with Crippen LogP contribution in [0, 0.1) is 0 Å². The van der Waals surface area contributed by atoms with E-state index in [9.17, 15) is 14.4 Å². The number of carboxylic acids is 1. The number of alkyl carbamates (subject to hydrolysis) is 1. The van der Waals surface area contributed by atoms with E-state index in [0.29, 0.717) is 0 Å². The maximum absolute atomic E-state index is 12.5. The van der Waals surface area contributed by atoms with E-state index in [1.54, 1.807) is 13.8 Å². The van der Waals surface area contributed by atoms with Gasteiger partial charge in [0, 0.05) is 12.0 Å². The molecular weight excluding hydrogens is 384 g/mol. The number of benzene rings is 2. The van der Waals surface area contributed by atoms with Gasteiger partial charge < -0.3 is 20.1 Å². The van der Waals surface area contributed by atoms with Gasteiger partial charge in [-0.25, -0.2) is 4.79 Å². The molecule has 0 aromatic heterocycles. The third kappa shape index (κ3) is 4.45. The quantitative estimate of drug-likeness (QED) is 0.731. The SMILES string of the molecule is CC(C)N(CC(=O)O)C(=O)[C@H](C)NC(=O)OCC1c2ccccc2-c2ccccc21. The number of nitrogens with one attached hydrogen (secondary N) is 1. The highest BCUT2D eigenvalue weighted by atomic mass is 16.5. The Morgan fingerprint density at radius 1 is 1.00 bits per heavy atom. The van der Waals surface area contributed by atoms with Crippen LogP contribution in [0.4, 0.5) is 4.79 Å². The lowest BCUT2D eigenvalue weighted by Gasteiger charge is -2.28. The van der Waals surface area contributed by atoms with Crippen molar-refractivity contribution < 1.29 is 24.2 Å². The van der Waals surface area contributed by atoms with Crippen LogP contribution in [0.2, 0.25) is 0 Å². The first-order valence-corrected chi connectivity index (χ1v) is 9.93. The van der Waals surface area contributed by atoms with Gasteiger partial charge in [0.15, 0.2) is 0 Å². The number of carbonyl (C=O) groups is 3. The highest BCUT2D eigenvalue weighted by Gasteiger charge is 2.30. The Labute approximate surface area is 175 Å². The van der Waals surface area contributed by atoms with Gasteiger partial charge >= 0.3 is 12.1 Å². The zero-order valence-electron chi connectivity index (χ0n) is 17.3. The van der Waals surface area contributed by atoms with Crippen LogP contribution < -0.4 is 5.32 Å². The monoisotopic (exact) mass is 410 g/mol. The lowest BCUT2D eigenvalue weighted by molar-refractivity contribution is -0.146. The molecule has 0 fully saturated rings. The number of amides is 2. The predicted molar refractivity (Wildman–Crippen MR) is 112 cm³/mol. The van der Waals surface area contributed by atoms with Crippen molar-refractivity contribution in [1.29, 1.82) is 0 Å². The molecule has 2 amide bonds. The molecule has 0 unspecified atom stereocenters. The second kappa shape index (κ2) is 8.98. The molecule has 2 N–H and O–H groups in total. The van der Waals surface area contributed by atoms with E-state index in [1.807, 2.05) is 36.4 Å². The number of hydrogen-bond donors (Lipinski definition) is 2. The number of carbonyl (C=O) groups excluding carboxylic acids is 2. The van der Waals surface area contributed by atoms with E-state index in [4.69, 9.17) is 9.84 Å². The van der Waals surface area contributed by atoms with E-state index in [1.165, 1.54) is 11.8 Å². The Hall–Kier alpha value is -3.35. The van der Waals surface area contributed by atoms with E-state index in [-0.39, 0.29) is 18.6 Å². The lowest BCUT2D eigenvalue weighted by atomic mass is 9.98. The smallest absolute Gasteiger partial charge is 0.407 e. The van der Waals surface area contributed by atoms with Gasteiger partial charge in [0.2, 0.25) is 5.91 Å². The molecule has 0 bridgehead atoms. The molecule has 30 heavy (non-hydrogen) atoms. The zero-order chi connectivity index (χ0) is 21.8. The number of aliphatic carboxylic acids is 1. The number of hydrogen-bond acceptors (Lipinski definition) is 4. The van der Waals surface area contributed by atoms with Crippen LogP contribution in [0.1, 0.15) is 37.8 Å². The second-order valence-corrected chi connectivity index (χ2v) is 7.65.